The molecule has 0 atom stereocenters. The second-order valence-electron chi connectivity index (χ2n) is 4.77. The fraction of sp³-hybridized carbons (Fsp3) is 0.429. The summed E-state index contributed by atoms with van der Waals surface area (Å²) in [6.45, 7) is 6.92. The van der Waals surface area contributed by atoms with Gasteiger partial charge in [-0.1, -0.05) is 26.0 Å². The molecule has 0 aliphatic heterocycles. The minimum atomic E-state index is 0.545. The molecule has 2 aromatic rings. The predicted octanol–water partition coefficient (Wildman–Crippen LogP) is 2.20. The number of rotatable bonds is 4. The van der Waals surface area contributed by atoms with Crippen LogP contribution < -0.4 is 5.73 Å². The molecule has 4 heteroatoms. The second kappa shape index (κ2) is 5.31. The van der Waals surface area contributed by atoms with Gasteiger partial charge < -0.3 is 5.73 Å². The van der Waals surface area contributed by atoms with Crippen LogP contribution in [-0.2, 0) is 6.42 Å². The lowest BCUT2D eigenvalue weighted by molar-refractivity contribution is 0.801. The molecule has 0 fully saturated rings. The largest absolute Gasteiger partial charge is 0.330 e. The highest BCUT2D eigenvalue weighted by Crippen LogP contribution is 2.17. The van der Waals surface area contributed by atoms with Crippen LogP contribution in [0, 0.1) is 6.92 Å². The Bertz CT molecular complexity index is 511. The standard InChI is InChI=1S/C14H20N4/c1-10(2)12-4-6-13(7-5-12)18-11(3)16-14(17-18)8-9-15/h4-7,10H,8-9,15H2,1-3H3. The predicted molar refractivity (Wildman–Crippen MR) is 72.9 cm³/mol. The van der Waals surface area contributed by atoms with Gasteiger partial charge in [0.25, 0.3) is 0 Å². The summed E-state index contributed by atoms with van der Waals surface area (Å²) < 4.78 is 1.87. The van der Waals surface area contributed by atoms with Gasteiger partial charge in [-0.2, -0.15) is 5.10 Å². The van der Waals surface area contributed by atoms with Crippen molar-refractivity contribution in [1.82, 2.24) is 14.8 Å². The summed E-state index contributed by atoms with van der Waals surface area (Å²) in [6.07, 6.45) is 0.720. The summed E-state index contributed by atoms with van der Waals surface area (Å²) in [5, 5.41) is 4.47. The lowest BCUT2D eigenvalue weighted by atomic mass is 10.0. The average molecular weight is 244 g/mol. The second-order valence-corrected chi connectivity index (χ2v) is 4.77. The number of nitrogens with two attached hydrogens (primary N) is 1. The van der Waals surface area contributed by atoms with Crippen LogP contribution >= 0.6 is 0 Å². The van der Waals surface area contributed by atoms with E-state index in [2.05, 4.69) is 48.2 Å². The van der Waals surface area contributed by atoms with Gasteiger partial charge in [0.1, 0.15) is 5.82 Å². The first kappa shape index (κ1) is 12.8. The Morgan fingerprint density at radius 2 is 1.89 bits per heavy atom. The van der Waals surface area contributed by atoms with Crippen LogP contribution in [0.15, 0.2) is 24.3 Å². The van der Waals surface area contributed by atoms with Crippen molar-refractivity contribution in [2.75, 3.05) is 6.54 Å². The Labute approximate surface area is 108 Å². The zero-order chi connectivity index (χ0) is 13.1. The van der Waals surface area contributed by atoms with Gasteiger partial charge in [-0.3, -0.25) is 0 Å². The van der Waals surface area contributed by atoms with Gasteiger partial charge in [0.2, 0.25) is 0 Å². The van der Waals surface area contributed by atoms with Crippen LogP contribution in [0.2, 0.25) is 0 Å². The van der Waals surface area contributed by atoms with Gasteiger partial charge >= 0.3 is 0 Å². The van der Waals surface area contributed by atoms with Crippen molar-refractivity contribution in [2.24, 2.45) is 5.73 Å². The van der Waals surface area contributed by atoms with Gasteiger partial charge in [-0.05, 0) is 37.1 Å². The van der Waals surface area contributed by atoms with Crippen LogP contribution in [-0.4, -0.2) is 21.3 Å². The fourth-order valence-corrected chi connectivity index (χ4v) is 1.92. The van der Waals surface area contributed by atoms with Gasteiger partial charge in [-0.25, -0.2) is 9.67 Å². The molecule has 0 amide bonds. The lowest BCUT2D eigenvalue weighted by Gasteiger charge is -2.07. The molecule has 96 valence electrons. The third-order valence-electron chi connectivity index (χ3n) is 2.99. The summed E-state index contributed by atoms with van der Waals surface area (Å²) in [5.41, 5.74) is 7.90. The zero-order valence-electron chi connectivity index (χ0n) is 11.2. The van der Waals surface area contributed by atoms with Crippen molar-refractivity contribution in [3.8, 4) is 5.69 Å². The van der Waals surface area contributed by atoms with E-state index in [4.69, 9.17) is 5.73 Å². The number of nitrogens with zero attached hydrogens (tertiary/aromatic N) is 3. The molecule has 0 radical (unpaired) electrons. The molecular formula is C14H20N4. The van der Waals surface area contributed by atoms with E-state index < -0.39 is 0 Å². The van der Waals surface area contributed by atoms with Crippen LogP contribution in [0.1, 0.15) is 37.0 Å². The van der Waals surface area contributed by atoms with Crippen molar-refractivity contribution in [3.05, 3.63) is 41.5 Å². The van der Waals surface area contributed by atoms with Crippen LogP contribution in [0.4, 0.5) is 0 Å². The molecule has 4 nitrogen and oxygen atoms in total. The average Bonchev–Trinajstić information content (AvgIpc) is 2.71. The third-order valence-corrected chi connectivity index (χ3v) is 2.99. The maximum absolute atomic E-state index is 5.52. The molecule has 0 bridgehead atoms. The maximum atomic E-state index is 5.52. The first-order chi connectivity index (χ1) is 8.61. The van der Waals surface area contributed by atoms with Gasteiger partial charge in [0.05, 0.1) is 5.69 Å². The molecular weight excluding hydrogens is 224 g/mol. The number of benzene rings is 1. The Morgan fingerprint density at radius 3 is 2.44 bits per heavy atom. The Balaban J connectivity index is 2.30. The summed E-state index contributed by atoms with van der Waals surface area (Å²) in [4.78, 5) is 4.41. The molecule has 0 spiro atoms. The number of aromatic nitrogens is 3. The first-order valence-corrected chi connectivity index (χ1v) is 6.34. The molecule has 0 saturated carbocycles. The fourth-order valence-electron chi connectivity index (χ4n) is 1.92. The van der Waals surface area contributed by atoms with Crippen molar-refractivity contribution in [3.63, 3.8) is 0 Å². The monoisotopic (exact) mass is 244 g/mol. The molecule has 18 heavy (non-hydrogen) atoms. The molecule has 0 unspecified atom stereocenters. The third kappa shape index (κ3) is 2.59. The van der Waals surface area contributed by atoms with Crippen molar-refractivity contribution in [1.29, 1.82) is 0 Å². The van der Waals surface area contributed by atoms with Crippen molar-refractivity contribution < 1.29 is 0 Å². The van der Waals surface area contributed by atoms with E-state index in [9.17, 15) is 0 Å². The van der Waals surface area contributed by atoms with Crippen molar-refractivity contribution in [2.45, 2.75) is 33.1 Å². The molecule has 0 saturated heterocycles. The SMILES string of the molecule is Cc1nc(CCN)nn1-c1ccc(C(C)C)cc1. The van der Waals surface area contributed by atoms with E-state index in [0.29, 0.717) is 12.5 Å². The van der Waals surface area contributed by atoms with Crippen LogP contribution in [0.5, 0.6) is 0 Å². The van der Waals surface area contributed by atoms with E-state index in [0.717, 1.165) is 23.8 Å². The highest BCUT2D eigenvalue weighted by molar-refractivity contribution is 5.35. The smallest absolute Gasteiger partial charge is 0.152 e. The lowest BCUT2D eigenvalue weighted by Crippen LogP contribution is -2.05. The minimum absolute atomic E-state index is 0.545. The topological polar surface area (TPSA) is 56.7 Å². The maximum Gasteiger partial charge on any atom is 0.152 e. The molecule has 0 aliphatic carbocycles. The van der Waals surface area contributed by atoms with E-state index in [1.807, 2.05) is 11.6 Å². The van der Waals surface area contributed by atoms with E-state index in [-0.39, 0.29) is 0 Å². The quantitative estimate of drug-likeness (QED) is 0.897. The van der Waals surface area contributed by atoms with Gasteiger partial charge in [0, 0.05) is 6.42 Å². The van der Waals surface area contributed by atoms with E-state index >= 15 is 0 Å². The minimum Gasteiger partial charge on any atom is -0.330 e. The van der Waals surface area contributed by atoms with E-state index in [1.165, 1.54) is 5.56 Å². The molecule has 2 N–H and O–H groups in total. The molecule has 2 rings (SSSR count). The highest BCUT2D eigenvalue weighted by Gasteiger charge is 2.07. The van der Waals surface area contributed by atoms with Crippen LogP contribution in [0.25, 0.3) is 5.69 Å². The van der Waals surface area contributed by atoms with Gasteiger partial charge in [0.15, 0.2) is 5.82 Å². The summed E-state index contributed by atoms with van der Waals surface area (Å²) in [5.74, 6) is 2.25. The number of hydrogen-bond donors (Lipinski definition) is 1. The summed E-state index contributed by atoms with van der Waals surface area (Å²) in [7, 11) is 0. The van der Waals surface area contributed by atoms with E-state index in [1.54, 1.807) is 0 Å². The Hall–Kier alpha value is -1.68. The normalized spacial score (nSPS) is 11.2. The van der Waals surface area contributed by atoms with Crippen LogP contribution in [0.3, 0.4) is 0 Å². The van der Waals surface area contributed by atoms with Gasteiger partial charge in [-0.15, -0.1) is 0 Å². The molecule has 1 aromatic carbocycles. The molecule has 1 heterocycles. The number of hydrogen-bond acceptors (Lipinski definition) is 3. The summed E-state index contributed by atoms with van der Waals surface area (Å²) in [6, 6.07) is 8.46. The Kier molecular flexibility index (Phi) is 3.77. The Morgan fingerprint density at radius 1 is 1.22 bits per heavy atom. The number of aryl methyl sites for hydroxylation is 1. The van der Waals surface area contributed by atoms with Crippen molar-refractivity contribution >= 4 is 0 Å². The molecule has 0 aliphatic rings. The molecule has 1 aromatic heterocycles. The summed E-state index contributed by atoms with van der Waals surface area (Å²) >= 11 is 0. The highest BCUT2D eigenvalue weighted by atomic mass is 15.3. The first-order valence-electron chi connectivity index (χ1n) is 6.34. The zero-order valence-corrected chi connectivity index (χ0v) is 11.2.